The molecule has 0 amide bonds. The van der Waals surface area contributed by atoms with Gasteiger partial charge < -0.3 is 0 Å². The van der Waals surface area contributed by atoms with Gasteiger partial charge in [0.05, 0.1) is 5.39 Å². The average Bonchev–Trinajstić information content (AvgIpc) is 2.90. The lowest BCUT2D eigenvalue weighted by molar-refractivity contribution is 0.569. The number of rotatable bonds is 4. The summed E-state index contributed by atoms with van der Waals surface area (Å²) in [5.74, 6) is -0.321. The van der Waals surface area contributed by atoms with Gasteiger partial charge in [-0.05, 0) is 36.6 Å². The third-order valence-corrected chi connectivity index (χ3v) is 5.65. The minimum Gasteiger partial charge on any atom is -0.287 e. The zero-order valence-corrected chi connectivity index (χ0v) is 14.7. The van der Waals surface area contributed by atoms with Crippen molar-refractivity contribution < 1.29 is 4.39 Å². The number of nitrogens with zero attached hydrogens (tertiary/aromatic N) is 2. The summed E-state index contributed by atoms with van der Waals surface area (Å²) in [7, 11) is 1.68. The number of aryl methyl sites for hydroxylation is 2. The zero-order valence-electron chi connectivity index (χ0n) is 13.9. The molecule has 0 saturated heterocycles. The Morgan fingerprint density at radius 3 is 2.67 bits per heavy atom. The van der Waals surface area contributed by atoms with Crippen LogP contribution in [-0.2, 0) is 13.6 Å². The molecule has 0 N–H and O–H groups in total. The fourth-order valence-electron chi connectivity index (χ4n) is 2.89. The van der Waals surface area contributed by atoms with Crippen molar-refractivity contribution in [2.75, 3.05) is 0 Å². The molecule has 24 heavy (non-hydrogen) atoms. The summed E-state index contributed by atoms with van der Waals surface area (Å²) in [6.07, 6.45) is 1.69. The third-order valence-electron chi connectivity index (χ3n) is 4.23. The lowest BCUT2D eigenvalue weighted by Gasteiger charge is -2.07. The fraction of sp³-hybridized carbons (Fsp3) is 0.333. The van der Waals surface area contributed by atoms with Gasteiger partial charge in [-0.25, -0.2) is 9.18 Å². The van der Waals surface area contributed by atoms with E-state index < -0.39 is 0 Å². The number of unbranched alkanes of at least 4 members (excludes halogenated alkanes) is 1. The highest BCUT2D eigenvalue weighted by molar-refractivity contribution is 7.22. The van der Waals surface area contributed by atoms with Gasteiger partial charge in [-0.2, -0.15) is 0 Å². The molecule has 0 aliphatic carbocycles. The molecular formula is C18H19FN2O2S. The van der Waals surface area contributed by atoms with E-state index >= 15 is 0 Å². The van der Waals surface area contributed by atoms with E-state index in [1.54, 1.807) is 13.1 Å². The minimum absolute atomic E-state index is 0.252. The van der Waals surface area contributed by atoms with Crippen LogP contribution in [0, 0.1) is 12.7 Å². The van der Waals surface area contributed by atoms with E-state index in [2.05, 4.69) is 0 Å². The quantitative estimate of drug-likeness (QED) is 0.723. The number of aromatic nitrogens is 2. The molecule has 0 spiro atoms. The minimum atomic E-state index is -0.321. The Kier molecular flexibility index (Phi) is 4.41. The highest BCUT2D eigenvalue weighted by Crippen LogP contribution is 2.36. The van der Waals surface area contributed by atoms with E-state index in [4.69, 9.17) is 0 Å². The number of fused-ring (bicyclic) bond motifs is 1. The Labute approximate surface area is 142 Å². The van der Waals surface area contributed by atoms with Crippen molar-refractivity contribution in [3.8, 4) is 10.4 Å². The van der Waals surface area contributed by atoms with Gasteiger partial charge in [0.1, 0.15) is 10.6 Å². The molecule has 0 fully saturated rings. The molecule has 0 aliphatic heterocycles. The maximum absolute atomic E-state index is 13.5. The first-order valence-corrected chi connectivity index (χ1v) is 8.76. The molecule has 3 rings (SSSR count). The maximum atomic E-state index is 13.5. The smallest absolute Gasteiger partial charge is 0.287 e. The molecule has 0 atom stereocenters. The lowest BCUT2D eigenvalue weighted by Crippen LogP contribution is -2.38. The zero-order chi connectivity index (χ0) is 17.4. The van der Waals surface area contributed by atoms with Gasteiger partial charge in [0.2, 0.25) is 0 Å². The van der Waals surface area contributed by atoms with Crippen LogP contribution in [0.1, 0.15) is 25.3 Å². The van der Waals surface area contributed by atoms with Crippen LogP contribution < -0.4 is 11.2 Å². The Morgan fingerprint density at radius 1 is 1.25 bits per heavy atom. The first-order valence-electron chi connectivity index (χ1n) is 7.94. The average molecular weight is 346 g/mol. The number of hydrogen-bond donors (Lipinski definition) is 0. The molecule has 0 unspecified atom stereocenters. The van der Waals surface area contributed by atoms with E-state index in [0.29, 0.717) is 16.8 Å². The predicted molar refractivity (Wildman–Crippen MR) is 96.4 cm³/mol. The van der Waals surface area contributed by atoms with Crippen molar-refractivity contribution >= 4 is 21.6 Å². The van der Waals surface area contributed by atoms with Crippen LogP contribution in [0.3, 0.4) is 0 Å². The SMILES string of the molecule is CCCCn1c(=O)c2c(C)c(-c3cccc(F)c3)sc2n(C)c1=O. The molecule has 2 heterocycles. The molecule has 0 aliphatic rings. The van der Waals surface area contributed by atoms with Gasteiger partial charge in [-0.1, -0.05) is 25.5 Å². The first kappa shape index (κ1) is 16.6. The predicted octanol–water partition coefficient (Wildman–Crippen LogP) is 3.68. The Bertz CT molecular complexity index is 1030. The summed E-state index contributed by atoms with van der Waals surface area (Å²) in [6, 6.07) is 6.30. The number of benzene rings is 1. The molecule has 6 heteroatoms. The molecule has 3 aromatic rings. The van der Waals surface area contributed by atoms with E-state index in [0.717, 1.165) is 28.8 Å². The number of thiophene rings is 1. The summed E-state index contributed by atoms with van der Waals surface area (Å²) in [4.78, 5) is 26.8. The third kappa shape index (κ3) is 2.60. The molecule has 126 valence electrons. The van der Waals surface area contributed by atoms with Crippen molar-refractivity contribution in [2.24, 2.45) is 7.05 Å². The van der Waals surface area contributed by atoms with Crippen LogP contribution in [0.2, 0.25) is 0 Å². The molecule has 2 aromatic heterocycles. The van der Waals surface area contributed by atoms with Crippen molar-refractivity contribution in [3.05, 3.63) is 56.5 Å². The van der Waals surface area contributed by atoms with Crippen LogP contribution in [0.5, 0.6) is 0 Å². The van der Waals surface area contributed by atoms with Crippen molar-refractivity contribution in [1.29, 1.82) is 0 Å². The molecule has 0 bridgehead atoms. The van der Waals surface area contributed by atoms with E-state index in [9.17, 15) is 14.0 Å². The largest absolute Gasteiger partial charge is 0.331 e. The molecular weight excluding hydrogens is 327 g/mol. The van der Waals surface area contributed by atoms with Crippen LogP contribution in [0.25, 0.3) is 20.7 Å². The maximum Gasteiger partial charge on any atom is 0.331 e. The topological polar surface area (TPSA) is 44.0 Å². The van der Waals surface area contributed by atoms with Crippen molar-refractivity contribution in [2.45, 2.75) is 33.2 Å². The van der Waals surface area contributed by atoms with Crippen LogP contribution in [0.15, 0.2) is 33.9 Å². The summed E-state index contributed by atoms with van der Waals surface area (Å²) >= 11 is 1.36. The normalized spacial score (nSPS) is 11.3. The monoisotopic (exact) mass is 346 g/mol. The van der Waals surface area contributed by atoms with Gasteiger partial charge in [0.15, 0.2) is 0 Å². The second kappa shape index (κ2) is 6.36. The van der Waals surface area contributed by atoms with Crippen molar-refractivity contribution in [3.63, 3.8) is 0 Å². The summed E-state index contributed by atoms with van der Waals surface area (Å²) < 4.78 is 16.4. The second-order valence-corrected chi connectivity index (χ2v) is 6.90. The first-order chi connectivity index (χ1) is 11.5. The summed E-state index contributed by atoms with van der Waals surface area (Å²) in [5, 5.41) is 0.553. The van der Waals surface area contributed by atoms with Crippen LogP contribution in [-0.4, -0.2) is 9.13 Å². The highest BCUT2D eigenvalue weighted by Gasteiger charge is 2.19. The molecule has 4 nitrogen and oxygen atoms in total. The standard InChI is InChI=1S/C18H19FN2O2S/c1-4-5-9-21-16(22)14-11(2)15(12-7-6-8-13(19)10-12)24-17(14)20(3)18(21)23/h6-8,10H,4-5,9H2,1-3H3. The van der Waals surface area contributed by atoms with Crippen LogP contribution in [0.4, 0.5) is 4.39 Å². The van der Waals surface area contributed by atoms with E-state index in [-0.39, 0.29) is 17.1 Å². The highest BCUT2D eigenvalue weighted by atomic mass is 32.1. The van der Waals surface area contributed by atoms with Gasteiger partial charge in [-0.3, -0.25) is 13.9 Å². The molecule has 0 saturated carbocycles. The summed E-state index contributed by atoms with van der Waals surface area (Å²) in [5.41, 5.74) is 0.970. The van der Waals surface area contributed by atoms with Crippen LogP contribution >= 0.6 is 11.3 Å². The van der Waals surface area contributed by atoms with Gasteiger partial charge in [-0.15, -0.1) is 11.3 Å². The fourth-order valence-corrected chi connectivity index (χ4v) is 4.15. The van der Waals surface area contributed by atoms with E-state index in [1.807, 2.05) is 19.9 Å². The lowest BCUT2D eigenvalue weighted by atomic mass is 10.1. The van der Waals surface area contributed by atoms with E-state index in [1.165, 1.54) is 32.6 Å². The van der Waals surface area contributed by atoms with Gasteiger partial charge in [0.25, 0.3) is 5.56 Å². The van der Waals surface area contributed by atoms with Crippen molar-refractivity contribution in [1.82, 2.24) is 9.13 Å². The number of hydrogen-bond acceptors (Lipinski definition) is 3. The summed E-state index contributed by atoms with van der Waals surface area (Å²) in [6.45, 7) is 4.30. The Balaban J connectivity index is 2.33. The Morgan fingerprint density at radius 2 is 2.00 bits per heavy atom. The molecule has 0 radical (unpaired) electrons. The van der Waals surface area contributed by atoms with Gasteiger partial charge in [0, 0.05) is 18.5 Å². The molecule has 1 aromatic carbocycles. The van der Waals surface area contributed by atoms with Gasteiger partial charge >= 0.3 is 5.69 Å². The Hall–Kier alpha value is -2.21. The second-order valence-electron chi connectivity index (χ2n) is 5.90. The number of halogens is 1.